The highest BCUT2D eigenvalue weighted by Crippen LogP contribution is 2.11. The number of aromatic amines is 1. The smallest absolute Gasteiger partial charge is 0.343 e. The van der Waals surface area contributed by atoms with E-state index in [1.54, 1.807) is 6.92 Å². The lowest BCUT2D eigenvalue weighted by atomic mass is 10.1. The second-order valence-corrected chi connectivity index (χ2v) is 2.75. The summed E-state index contributed by atoms with van der Waals surface area (Å²) in [4.78, 5) is 13.5. The quantitative estimate of drug-likeness (QED) is 0.667. The van der Waals surface area contributed by atoms with Crippen LogP contribution >= 0.6 is 0 Å². The van der Waals surface area contributed by atoms with Crippen molar-refractivity contribution in [2.75, 3.05) is 0 Å². The molecule has 0 saturated heterocycles. The third kappa shape index (κ3) is 1.55. The van der Waals surface area contributed by atoms with Crippen molar-refractivity contribution < 1.29 is 5.11 Å². The molecule has 0 saturated carbocycles. The van der Waals surface area contributed by atoms with Crippen molar-refractivity contribution >= 4 is 0 Å². The van der Waals surface area contributed by atoms with Gasteiger partial charge in [0.25, 0.3) is 0 Å². The summed E-state index contributed by atoms with van der Waals surface area (Å²) in [5.74, 6) is 0. The minimum Gasteiger partial charge on any atom is -0.391 e. The zero-order valence-corrected chi connectivity index (χ0v) is 7.19. The van der Waals surface area contributed by atoms with Crippen LogP contribution in [0.15, 0.2) is 11.1 Å². The van der Waals surface area contributed by atoms with Gasteiger partial charge in [-0.25, -0.2) is 9.48 Å². The van der Waals surface area contributed by atoms with Gasteiger partial charge in [-0.2, -0.15) is 5.10 Å². The normalized spacial score (nSPS) is 15.9. The average molecular weight is 171 g/mol. The zero-order valence-electron chi connectivity index (χ0n) is 7.19. The van der Waals surface area contributed by atoms with Gasteiger partial charge in [0, 0.05) is 0 Å². The molecule has 0 spiro atoms. The highest BCUT2D eigenvalue weighted by atomic mass is 16.3. The molecule has 0 radical (unpaired) electrons. The summed E-state index contributed by atoms with van der Waals surface area (Å²) in [6.45, 7) is 3.55. The van der Waals surface area contributed by atoms with Crippen molar-refractivity contribution in [2.24, 2.45) is 0 Å². The zero-order chi connectivity index (χ0) is 9.14. The number of H-pyrrole nitrogens is 1. The first-order valence-corrected chi connectivity index (χ1v) is 3.97. The summed E-state index contributed by atoms with van der Waals surface area (Å²) in [5, 5.41) is 13.1. The lowest BCUT2D eigenvalue weighted by Crippen LogP contribution is -2.30. The molecule has 5 nitrogen and oxygen atoms in total. The first-order valence-electron chi connectivity index (χ1n) is 3.97. The lowest BCUT2D eigenvalue weighted by Gasteiger charge is -2.16. The van der Waals surface area contributed by atoms with Crippen molar-refractivity contribution in [1.82, 2.24) is 14.8 Å². The Balaban J connectivity index is 2.95. The van der Waals surface area contributed by atoms with Crippen molar-refractivity contribution in [3.8, 4) is 0 Å². The van der Waals surface area contributed by atoms with Crippen molar-refractivity contribution in [1.29, 1.82) is 0 Å². The molecule has 0 unspecified atom stereocenters. The van der Waals surface area contributed by atoms with Crippen LogP contribution in [0, 0.1) is 0 Å². The summed E-state index contributed by atoms with van der Waals surface area (Å²) in [5.41, 5.74) is -0.275. The molecule has 0 aliphatic rings. The standard InChI is InChI=1S/C7H13N3O2/c1-3-6(5(2)11)10-7(12)8-4-9-10/h4-6,11H,3H2,1-2H3,(H,8,9,12)/t5-,6+/m0/s1. The molecule has 0 aliphatic carbocycles. The molecule has 1 aromatic rings. The van der Waals surface area contributed by atoms with E-state index in [4.69, 9.17) is 0 Å². The lowest BCUT2D eigenvalue weighted by molar-refractivity contribution is 0.118. The topological polar surface area (TPSA) is 70.9 Å². The van der Waals surface area contributed by atoms with Crippen LogP contribution in [-0.2, 0) is 0 Å². The Morgan fingerprint density at radius 2 is 2.50 bits per heavy atom. The largest absolute Gasteiger partial charge is 0.391 e. The molecule has 2 N–H and O–H groups in total. The number of aliphatic hydroxyl groups is 1. The van der Waals surface area contributed by atoms with E-state index >= 15 is 0 Å². The molecule has 1 aromatic heterocycles. The molecule has 0 amide bonds. The number of hydrogen-bond donors (Lipinski definition) is 2. The van der Waals surface area contributed by atoms with Crippen molar-refractivity contribution in [3.05, 3.63) is 16.8 Å². The van der Waals surface area contributed by atoms with E-state index in [-0.39, 0.29) is 11.7 Å². The summed E-state index contributed by atoms with van der Waals surface area (Å²) in [7, 11) is 0. The Morgan fingerprint density at radius 3 is 2.83 bits per heavy atom. The average Bonchev–Trinajstić information content (AvgIpc) is 2.38. The number of hydrogen-bond acceptors (Lipinski definition) is 3. The Morgan fingerprint density at radius 1 is 1.83 bits per heavy atom. The van der Waals surface area contributed by atoms with E-state index in [2.05, 4.69) is 10.1 Å². The van der Waals surface area contributed by atoms with Crippen LogP contribution in [-0.4, -0.2) is 26.0 Å². The first-order chi connectivity index (χ1) is 5.66. The van der Waals surface area contributed by atoms with E-state index < -0.39 is 6.10 Å². The van der Waals surface area contributed by atoms with Crippen LogP contribution in [0.2, 0.25) is 0 Å². The fraction of sp³-hybridized carbons (Fsp3) is 0.714. The molecular formula is C7H13N3O2. The van der Waals surface area contributed by atoms with Crippen LogP contribution in [0.5, 0.6) is 0 Å². The third-order valence-corrected chi connectivity index (χ3v) is 1.87. The summed E-state index contributed by atoms with van der Waals surface area (Å²) in [6, 6.07) is -0.233. The van der Waals surface area contributed by atoms with Gasteiger partial charge in [-0.3, -0.25) is 4.98 Å². The van der Waals surface area contributed by atoms with E-state index in [1.807, 2.05) is 6.92 Å². The van der Waals surface area contributed by atoms with E-state index in [0.29, 0.717) is 6.42 Å². The fourth-order valence-electron chi connectivity index (χ4n) is 1.22. The maximum atomic E-state index is 11.1. The first kappa shape index (κ1) is 8.99. The molecule has 0 aliphatic heterocycles. The van der Waals surface area contributed by atoms with Crippen LogP contribution in [0.4, 0.5) is 0 Å². The minimum absolute atomic E-state index is 0.233. The van der Waals surface area contributed by atoms with Gasteiger partial charge in [-0.1, -0.05) is 6.92 Å². The highest BCUT2D eigenvalue weighted by molar-refractivity contribution is 4.72. The maximum absolute atomic E-state index is 11.1. The molecule has 12 heavy (non-hydrogen) atoms. The highest BCUT2D eigenvalue weighted by Gasteiger charge is 2.17. The molecule has 1 rings (SSSR count). The third-order valence-electron chi connectivity index (χ3n) is 1.87. The Kier molecular flexibility index (Phi) is 2.65. The van der Waals surface area contributed by atoms with Gasteiger partial charge in [0.15, 0.2) is 0 Å². The SMILES string of the molecule is CC[C@H]([C@H](C)O)n1nc[nH]c1=O. The van der Waals surface area contributed by atoms with Gasteiger partial charge in [-0.15, -0.1) is 0 Å². The number of aromatic nitrogens is 3. The molecule has 0 aromatic carbocycles. The van der Waals surface area contributed by atoms with Gasteiger partial charge >= 0.3 is 5.69 Å². The van der Waals surface area contributed by atoms with Crippen molar-refractivity contribution in [2.45, 2.75) is 32.4 Å². The van der Waals surface area contributed by atoms with E-state index in [0.717, 1.165) is 0 Å². The second kappa shape index (κ2) is 3.53. The number of nitrogens with zero attached hydrogens (tertiary/aromatic N) is 2. The van der Waals surface area contributed by atoms with Gasteiger partial charge in [0.05, 0.1) is 12.1 Å². The molecule has 2 atom stereocenters. The van der Waals surface area contributed by atoms with E-state index in [1.165, 1.54) is 11.0 Å². The van der Waals surface area contributed by atoms with Crippen LogP contribution in [0.3, 0.4) is 0 Å². The van der Waals surface area contributed by atoms with Gasteiger partial charge in [0.1, 0.15) is 6.33 Å². The summed E-state index contributed by atoms with van der Waals surface area (Å²) in [6.07, 6.45) is 1.45. The molecule has 0 bridgehead atoms. The maximum Gasteiger partial charge on any atom is 0.343 e. The summed E-state index contributed by atoms with van der Waals surface area (Å²) >= 11 is 0. The van der Waals surface area contributed by atoms with Crippen LogP contribution in [0.1, 0.15) is 26.3 Å². The van der Waals surface area contributed by atoms with Crippen molar-refractivity contribution in [3.63, 3.8) is 0 Å². The Hall–Kier alpha value is -1.10. The summed E-state index contributed by atoms with van der Waals surface area (Å²) < 4.78 is 1.27. The molecule has 68 valence electrons. The molecule has 5 heteroatoms. The van der Waals surface area contributed by atoms with Gasteiger partial charge in [-0.05, 0) is 13.3 Å². The minimum atomic E-state index is -0.559. The molecular weight excluding hydrogens is 158 g/mol. The second-order valence-electron chi connectivity index (χ2n) is 2.75. The van der Waals surface area contributed by atoms with Gasteiger partial charge in [0.2, 0.25) is 0 Å². The predicted octanol–water partition coefficient (Wildman–Crippen LogP) is -0.0967. The fourth-order valence-corrected chi connectivity index (χ4v) is 1.22. The van der Waals surface area contributed by atoms with Gasteiger partial charge < -0.3 is 5.11 Å². The van der Waals surface area contributed by atoms with E-state index in [9.17, 15) is 9.90 Å². The number of nitrogens with one attached hydrogen (secondary N) is 1. The number of aliphatic hydroxyl groups excluding tert-OH is 1. The molecule has 0 fully saturated rings. The monoisotopic (exact) mass is 171 g/mol. The molecule has 1 heterocycles. The van der Waals surface area contributed by atoms with Crippen LogP contribution in [0.25, 0.3) is 0 Å². The Bertz CT molecular complexity index is 289. The Labute approximate surface area is 70.0 Å². The van der Waals surface area contributed by atoms with Crippen LogP contribution < -0.4 is 5.69 Å². The number of rotatable bonds is 3. The predicted molar refractivity (Wildman–Crippen MR) is 43.9 cm³/mol.